The van der Waals surface area contributed by atoms with E-state index in [1.807, 2.05) is 61.3 Å². The number of carbonyl (C=O) groups is 1. The molecule has 0 aliphatic carbocycles. The lowest BCUT2D eigenvalue weighted by Crippen LogP contribution is -2.36. The van der Waals surface area contributed by atoms with Crippen LogP contribution in [0.5, 0.6) is 17.2 Å². The van der Waals surface area contributed by atoms with Gasteiger partial charge in [0, 0.05) is 6.54 Å². The lowest BCUT2D eigenvalue weighted by Gasteiger charge is -2.22. The Labute approximate surface area is 160 Å². The third kappa shape index (κ3) is 5.14. The van der Waals surface area contributed by atoms with Crippen LogP contribution < -0.4 is 19.5 Å². The van der Waals surface area contributed by atoms with Crippen molar-refractivity contribution in [3.05, 3.63) is 53.6 Å². The van der Waals surface area contributed by atoms with Crippen molar-refractivity contribution < 1.29 is 19.0 Å². The Kier molecular flexibility index (Phi) is 6.19. The Morgan fingerprint density at radius 1 is 1.15 bits per heavy atom. The van der Waals surface area contributed by atoms with Gasteiger partial charge in [0.05, 0.1) is 19.7 Å². The molecule has 0 saturated carbocycles. The maximum Gasteiger partial charge on any atom is 0.234 e. The zero-order chi connectivity index (χ0) is 19.2. The molecular weight excluding hydrogens is 344 g/mol. The van der Waals surface area contributed by atoms with E-state index >= 15 is 0 Å². The third-order valence-electron chi connectivity index (χ3n) is 4.47. The highest BCUT2D eigenvalue weighted by Gasteiger charge is 2.16. The first-order valence-corrected chi connectivity index (χ1v) is 9.05. The lowest BCUT2D eigenvalue weighted by molar-refractivity contribution is -0.122. The van der Waals surface area contributed by atoms with Gasteiger partial charge < -0.3 is 19.5 Å². The summed E-state index contributed by atoms with van der Waals surface area (Å²) in [7, 11) is 3.58. The van der Waals surface area contributed by atoms with Crippen molar-refractivity contribution in [1.82, 2.24) is 10.2 Å². The summed E-state index contributed by atoms with van der Waals surface area (Å²) in [5.74, 6) is 2.29. The first-order valence-electron chi connectivity index (χ1n) is 9.05. The number of carbonyl (C=O) groups excluding carboxylic acids is 1. The van der Waals surface area contributed by atoms with Gasteiger partial charge >= 0.3 is 0 Å². The van der Waals surface area contributed by atoms with Crippen LogP contribution in [0.3, 0.4) is 0 Å². The number of hydrogen-bond donors (Lipinski definition) is 1. The number of hydrogen-bond acceptors (Lipinski definition) is 5. The predicted molar refractivity (Wildman–Crippen MR) is 103 cm³/mol. The largest absolute Gasteiger partial charge is 0.497 e. The molecule has 2 aromatic rings. The second kappa shape index (κ2) is 8.77. The number of nitrogens with one attached hydrogen (secondary N) is 1. The second-order valence-electron chi connectivity index (χ2n) is 6.71. The molecule has 0 aromatic heterocycles. The van der Waals surface area contributed by atoms with Gasteiger partial charge in [-0.1, -0.05) is 18.2 Å². The highest BCUT2D eigenvalue weighted by Crippen LogP contribution is 2.32. The van der Waals surface area contributed by atoms with E-state index in [2.05, 4.69) is 5.32 Å². The number of nitrogens with zero attached hydrogens (tertiary/aromatic N) is 1. The Hall–Kier alpha value is -2.73. The topological polar surface area (TPSA) is 60.0 Å². The monoisotopic (exact) mass is 370 g/mol. The fourth-order valence-electron chi connectivity index (χ4n) is 3.04. The number of rotatable bonds is 7. The van der Waals surface area contributed by atoms with Crippen LogP contribution in [-0.2, 0) is 11.3 Å². The molecule has 1 atom stereocenters. The van der Waals surface area contributed by atoms with Crippen molar-refractivity contribution in [2.75, 3.05) is 33.9 Å². The summed E-state index contributed by atoms with van der Waals surface area (Å²) in [4.78, 5) is 14.4. The number of likely N-dealkylation sites (N-methyl/N-ethyl adjacent to an activating group) is 1. The van der Waals surface area contributed by atoms with Gasteiger partial charge in [0.2, 0.25) is 5.91 Å². The summed E-state index contributed by atoms with van der Waals surface area (Å²) < 4.78 is 16.3. The van der Waals surface area contributed by atoms with E-state index in [1.54, 1.807) is 7.11 Å². The summed E-state index contributed by atoms with van der Waals surface area (Å²) >= 11 is 0. The van der Waals surface area contributed by atoms with Crippen LogP contribution in [0.4, 0.5) is 0 Å². The van der Waals surface area contributed by atoms with Gasteiger partial charge in [-0.05, 0) is 49.4 Å². The standard InChI is InChI=1S/C21H26N2O4/c1-15(17-6-9-19-20(12-17)27-11-10-26-19)22-21(24)14-23(2)13-16-4-7-18(25-3)8-5-16/h4-9,12,15H,10-11,13-14H2,1-3H3,(H,22,24)/t15-/m0/s1. The van der Waals surface area contributed by atoms with E-state index in [1.165, 1.54) is 0 Å². The predicted octanol–water partition coefficient (Wildman–Crippen LogP) is 2.78. The molecule has 6 nitrogen and oxygen atoms in total. The maximum atomic E-state index is 12.4. The van der Waals surface area contributed by atoms with Crippen LogP contribution in [0.2, 0.25) is 0 Å². The average Bonchev–Trinajstić information content (AvgIpc) is 2.68. The zero-order valence-electron chi connectivity index (χ0n) is 16.0. The van der Waals surface area contributed by atoms with Crippen LogP contribution >= 0.6 is 0 Å². The average molecular weight is 370 g/mol. The van der Waals surface area contributed by atoms with Crippen LogP contribution in [0.15, 0.2) is 42.5 Å². The molecule has 1 aliphatic heterocycles. The van der Waals surface area contributed by atoms with E-state index in [9.17, 15) is 4.79 Å². The van der Waals surface area contributed by atoms with Crippen molar-refractivity contribution >= 4 is 5.91 Å². The first-order chi connectivity index (χ1) is 13.0. The van der Waals surface area contributed by atoms with Crippen LogP contribution in [0.1, 0.15) is 24.1 Å². The van der Waals surface area contributed by atoms with Gasteiger partial charge in [0.15, 0.2) is 11.5 Å². The SMILES string of the molecule is COc1ccc(CN(C)CC(=O)N[C@@H](C)c2ccc3c(c2)OCCO3)cc1. The molecule has 0 radical (unpaired) electrons. The van der Waals surface area contributed by atoms with Crippen molar-refractivity contribution in [3.8, 4) is 17.2 Å². The fraction of sp³-hybridized carbons (Fsp3) is 0.381. The summed E-state index contributed by atoms with van der Waals surface area (Å²) in [6, 6.07) is 13.5. The van der Waals surface area contributed by atoms with E-state index in [0.717, 1.165) is 28.4 Å². The van der Waals surface area contributed by atoms with Crippen LogP contribution in [-0.4, -0.2) is 44.7 Å². The molecule has 0 fully saturated rings. The molecule has 1 heterocycles. The minimum Gasteiger partial charge on any atom is -0.497 e. The third-order valence-corrected chi connectivity index (χ3v) is 4.47. The molecule has 0 spiro atoms. The minimum atomic E-state index is -0.109. The number of fused-ring (bicyclic) bond motifs is 1. The van der Waals surface area contributed by atoms with Gasteiger partial charge in [-0.15, -0.1) is 0 Å². The van der Waals surface area contributed by atoms with Gasteiger partial charge in [-0.25, -0.2) is 0 Å². The molecule has 1 N–H and O–H groups in total. The van der Waals surface area contributed by atoms with E-state index in [-0.39, 0.29) is 11.9 Å². The highest BCUT2D eigenvalue weighted by molar-refractivity contribution is 5.78. The number of amides is 1. The Morgan fingerprint density at radius 2 is 1.85 bits per heavy atom. The lowest BCUT2D eigenvalue weighted by atomic mass is 10.1. The molecule has 1 aliphatic rings. The summed E-state index contributed by atoms with van der Waals surface area (Å²) in [6.45, 7) is 4.09. The number of methoxy groups -OCH3 is 1. The summed E-state index contributed by atoms with van der Waals surface area (Å²) in [5.41, 5.74) is 2.12. The van der Waals surface area contributed by atoms with E-state index in [0.29, 0.717) is 26.3 Å². The molecule has 1 amide bonds. The Balaban J connectivity index is 1.51. The molecule has 27 heavy (non-hydrogen) atoms. The fourth-order valence-corrected chi connectivity index (χ4v) is 3.04. The smallest absolute Gasteiger partial charge is 0.234 e. The molecule has 0 unspecified atom stereocenters. The van der Waals surface area contributed by atoms with Gasteiger partial charge in [0.25, 0.3) is 0 Å². The molecule has 144 valence electrons. The van der Waals surface area contributed by atoms with Crippen molar-refractivity contribution in [2.45, 2.75) is 19.5 Å². The summed E-state index contributed by atoms with van der Waals surface area (Å²) in [5, 5.41) is 3.04. The van der Waals surface area contributed by atoms with E-state index in [4.69, 9.17) is 14.2 Å². The zero-order valence-corrected chi connectivity index (χ0v) is 16.0. The molecule has 6 heteroatoms. The van der Waals surface area contributed by atoms with Crippen LogP contribution in [0.25, 0.3) is 0 Å². The second-order valence-corrected chi connectivity index (χ2v) is 6.71. The molecule has 2 aromatic carbocycles. The van der Waals surface area contributed by atoms with Crippen molar-refractivity contribution in [3.63, 3.8) is 0 Å². The maximum absolute atomic E-state index is 12.4. The normalized spacial score (nSPS) is 13.9. The number of ether oxygens (including phenoxy) is 3. The number of benzene rings is 2. The molecule has 0 bridgehead atoms. The van der Waals surface area contributed by atoms with Gasteiger partial charge in [0.1, 0.15) is 19.0 Å². The van der Waals surface area contributed by atoms with Crippen molar-refractivity contribution in [2.24, 2.45) is 0 Å². The molecule has 0 saturated heterocycles. The van der Waals surface area contributed by atoms with Gasteiger partial charge in [-0.2, -0.15) is 0 Å². The Bertz CT molecular complexity index is 776. The van der Waals surface area contributed by atoms with Crippen molar-refractivity contribution in [1.29, 1.82) is 0 Å². The quantitative estimate of drug-likeness (QED) is 0.812. The molecule has 3 rings (SSSR count). The molecular formula is C21H26N2O4. The van der Waals surface area contributed by atoms with E-state index < -0.39 is 0 Å². The summed E-state index contributed by atoms with van der Waals surface area (Å²) in [6.07, 6.45) is 0. The van der Waals surface area contributed by atoms with Gasteiger partial charge in [-0.3, -0.25) is 9.69 Å². The minimum absolute atomic E-state index is 0.0200. The van der Waals surface area contributed by atoms with Crippen LogP contribution in [0, 0.1) is 0 Å². The first kappa shape index (κ1) is 19.0. The highest BCUT2D eigenvalue weighted by atomic mass is 16.6. The Morgan fingerprint density at radius 3 is 2.56 bits per heavy atom.